The minimum Gasteiger partial charge on any atom is -0.495 e. The Morgan fingerprint density at radius 3 is 2.47 bits per heavy atom. The number of halogens is 1. The van der Waals surface area contributed by atoms with Gasteiger partial charge in [-0.2, -0.15) is 0 Å². The molecule has 0 aliphatic heterocycles. The smallest absolute Gasteiger partial charge is 0.257 e. The van der Waals surface area contributed by atoms with E-state index in [-0.39, 0.29) is 23.5 Å². The van der Waals surface area contributed by atoms with Gasteiger partial charge in [-0.25, -0.2) is 9.37 Å². The Kier molecular flexibility index (Phi) is 6.90. The van der Waals surface area contributed by atoms with Crippen LogP contribution in [-0.2, 0) is 4.74 Å². The molecule has 2 aromatic heterocycles. The van der Waals surface area contributed by atoms with Gasteiger partial charge in [0.05, 0.1) is 43.0 Å². The third-order valence-corrected chi connectivity index (χ3v) is 5.72. The molecular formula is C26H26FN3O4. The highest BCUT2D eigenvalue weighted by Gasteiger charge is 2.21. The Morgan fingerprint density at radius 1 is 1.09 bits per heavy atom. The summed E-state index contributed by atoms with van der Waals surface area (Å²) in [4.78, 5) is 17.7. The average molecular weight is 464 g/mol. The zero-order valence-electron chi connectivity index (χ0n) is 19.2. The van der Waals surface area contributed by atoms with Crippen molar-refractivity contribution in [3.63, 3.8) is 0 Å². The van der Waals surface area contributed by atoms with Crippen molar-refractivity contribution in [1.29, 1.82) is 0 Å². The van der Waals surface area contributed by atoms with Gasteiger partial charge in [0.1, 0.15) is 17.7 Å². The molecule has 4 rings (SSSR count). The molecule has 0 radical (unpaired) electrons. The summed E-state index contributed by atoms with van der Waals surface area (Å²) in [6.45, 7) is 2.10. The van der Waals surface area contributed by atoms with Crippen molar-refractivity contribution in [3.05, 3.63) is 112 Å². The van der Waals surface area contributed by atoms with E-state index in [1.165, 1.54) is 23.8 Å². The Morgan fingerprint density at radius 2 is 1.82 bits per heavy atom. The van der Waals surface area contributed by atoms with Crippen molar-refractivity contribution in [3.8, 4) is 11.4 Å². The van der Waals surface area contributed by atoms with Crippen molar-refractivity contribution < 1.29 is 19.0 Å². The number of hydrogen-bond acceptors (Lipinski definition) is 5. The molecule has 0 saturated heterocycles. The maximum atomic E-state index is 13.4. The highest BCUT2D eigenvalue weighted by molar-refractivity contribution is 5.50. The molecule has 34 heavy (non-hydrogen) atoms. The second-order valence-corrected chi connectivity index (χ2v) is 7.95. The third kappa shape index (κ3) is 4.64. The molecule has 1 N–H and O–H groups in total. The van der Waals surface area contributed by atoms with Gasteiger partial charge in [0.25, 0.3) is 5.56 Å². The number of aliphatic hydroxyl groups excluding tert-OH is 1. The van der Waals surface area contributed by atoms with Crippen LogP contribution in [0.3, 0.4) is 0 Å². The number of aromatic nitrogens is 3. The first kappa shape index (κ1) is 23.4. The lowest BCUT2D eigenvalue weighted by Gasteiger charge is -2.22. The molecule has 4 aromatic rings. The third-order valence-electron chi connectivity index (χ3n) is 5.72. The summed E-state index contributed by atoms with van der Waals surface area (Å²) in [6, 6.07) is 14.0. The maximum Gasteiger partial charge on any atom is 0.257 e. The van der Waals surface area contributed by atoms with Crippen LogP contribution in [0.1, 0.15) is 34.5 Å². The van der Waals surface area contributed by atoms with E-state index in [4.69, 9.17) is 9.47 Å². The number of aryl methyl sites for hydroxylation is 1. The lowest BCUT2D eigenvalue weighted by Crippen LogP contribution is -2.31. The molecular weight excluding hydrogens is 437 g/mol. The number of rotatable bonds is 8. The van der Waals surface area contributed by atoms with Crippen LogP contribution >= 0.6 is 0 Å². The number of imidazole rings is 1. The number of ether oxygens (including phenoxy) is 2. The Bertz CT molecular complexity index is 1330. The first-order valence-corrected chi connectivity index (χ1v) is 10.8. The zero-order valence-corrected chi connectivity index (χ0v) is 19.2. The summed E-state index contributed by atoms with van der Waals surface area (Å²) in [5.74, 6) is 0.175. The van der Waals surface area contributed by atoms with E-state index >= 15 is 0 Å². The van der Waals surface area contributed by atoms with E-state index < -0.39 is 12.1 Å². The number of benzene rings is 2. The predicted octanol–water partition coefficient (Wildman–Crippen LogP) is 3.81. The van der Waals surface area contributed by atoms with E-state index in [0.29, 0.717) is 11.3 Å². The van der Waals surface area contributed by atoms with Crippen molar-refractivity contribution in [2.45, 2.75) is 19.1 Å². The predicted molar refractivity (Wildman–Crippen MR) is 126 cm³/mol. The quantitative estimate of drug-likeness (QED) is 0.430. The average Bonchev–Trinajstić information content (AvgIpc) is 3.29. The van der Waals surface area contributed by atoms with Gasteiger partial charge >= 0.3 is 0 Å². The normalized spacial score (nSPS) is 13.0. The zero-order chi connectivity index (χ0) is 24.2. The van der Waals surface area contributed by atoms with Gasteiger partial charge in [0.15, 0.2) is 0 Å². The summed E-state index contributed by atoms with van der Waals surface area (Å²) >= 11 is 0. The monoisotopic (exact) mass is 463 g/mol. The number of hydrogen-bond donors (Lipinski definition) is 1. The molecule has 2 atom stereocenters. The molecule has 0 aliphatic carbocycles. The van der Waals surface area contributed by atoms with Crippen molar-refractivity contribution in [2.75, 3.05) is 20.8 Å². The van der Waals surface area contributed by atoms with Crippen LogP contribution in [0.5, 0.6) is 5.75 Å². The molecule has 0 aliphatic rings. The molecule has 2 aromatic carbocycles. The van der Waals surface area contributed by atoms with Crippen molar-refractivity contribution >= 4 is 0 Å². The first-order chi connectivity index (χ1) is 16.4. The van der Waals surface area contributed by atoms with E-state index in [0.717, 1.165) is 16.9 Å². The SMILES string of the molecule is COCC(c1ccc(F)cc1)n1cccc(C(O)c2ccc(-n3cnc(C)c3)c(OC)c2)c1=O. The molecule has 0 spiro atoms. The fourth-order valence-electron chi connectivity index (χ4n) is 3.97. The highest BCUT2D eigenvalue weighted by atomic mass is 19.1. The molecule has 2 unspecified atom stereocenters. The second kappa shape index (κ2) is 10.0. The van der Waals surface area contributed by atoms with Crippen LogP contribution in [0.15, 0.2) is 78.1 Å². The van der Waals surface area contributed by atoms with Gasteiger partial charge in [-0.05, 0) is 54.4 Å². The van der Waals surface area contributed by atoms with E-state index in [1.54, 1.807) is 56.0 Å². The lowest BCUT2D eigenvalue weighted by molar-refractivity contribution is 0.166. The van der Waals surface area contributed by atoms with E-state index in [9.17, 15) is 14.3 Å². The largest absolute Gasteiger partial charge is 0.495 e. The molecule has 176 valence electrons. The minimum absolute atomic E-state index is 0.206. The van der Waals surface area contributed by atoms with Crippen LogP contribution in [-0.4, -0.2) is 40.1 Å². The molecule has 0 saturated carbocycles. The summed E-state index contributed by atoms with van der Waals surface area (Å²) in [7, 11) is 3.09. The number of pyridine rings is 1. The number of nitrogens with zero attached hydrogens (tertiary/aromatic N) is 3. The Balaban J connectivity index is 1.72. The van der Waals surface area contributed by atoms with Crippen LogP contribution in [0.25, 0.3) is 5.69 Å². The maximum absolute atomic E-state index is 13.4. The lowest BCUT2D eigenvalue weighted by atomic mass is 10.0. The summed E-state index contributed by atoms with van der Waals surface area (Å²) in [5.41, 5.74) is 2.70. The van der Waals surface area contributed by atoms with Gasteiger partial charge in [0.2, 0.25) is 0 Å². The topological polar surface area (TPSA) is 78.5 Å². The van der Waals surface area contributed by atoms with Crippen LogP contribution in [0.4, 0.5) is 4.39 Å². The summed E-state index contributed by atoms with van der Waals surface area (Å²) in [6.07, 6.45) is 4.01. The van der Waals surface area contributed by atoms with E-state index in [2.05, 4.69) is 4.98 Å². The van der Waals surface area contributed by atoms with Crippen LogP contribution in [0, 0.1) is 12.7 Å². The molecule has 2 heterocycles. The van der Waals surface area contributed by atoms with E-state index in [1.807, 2.05) is 23.8 Å². The molecule has 0 bridgehead atoms. The fourth-order valence-corrected chi connectivity index (χ4v) is 3.97. The number of methoxy groups -OCH3 is 2. The first-order valence-electron chi connectivity index (χ1n) is 10.8. The van der Waals surface area contributed by atoms with Gasteiger partial charge in [-0.15, -0.1) is 0 Å². The Labute approximate surface area is 196 Å². The molecule has 0 amide bonds. The Hall–Kier alpha value is -3.75. The summed E-state index contributed by atoms with van der Waals surface area (Å²) < 4.78 is 27.6. The van der Waals surface area contributed by atoms with Crippen molar-refractivity contribution in [2.24, 2.45) is 0 Å². The molecule has 7 nitrogen and oxygen atoms in total. The van der Waals surface area contributed by atoms with Crippen molar-refractivity contribution in [1.82, 2.24) is 14.1 Å². The van der Waals surface area contributed by atoms with Gasteiger partial charge in [-0.3, -0.25) is 4.79 Å². The van der Waals surface area contributed by atoms with Gasteiger partial charge in [0, 0.05) is 19.5 Å². The molecule has 0 fully saturated rings. The fraction of sp³-hybridized carbons (Fsp3) is 0.231. The standard InChI is InChI=1S/C26H26FN3O4/c1-17-14-29(16-28-17)22-11-8-19(13-24(22)34-3)25(31)21-5-4-12-30(26(21)32)23(15-33-2)18-6-9-20(27)10-7-18/h4-14,16,23,25,31H,15H2,1-3H3. The number of aliphatic hydroxyl groups is 1. The van der Waals surface area contributed by atoms with Gasteiger partial charge in [-0.1, -0.05) is 18.2 Å². The molecule has 8 heteroatoms. The van der Waals surface area contributed by atoms with Crippen LogP contribution < -0.4 is 10.3 Å². The second-order valence-electron chi connectivity index (χ2n) is 7.95. The highest BCUT2D eigenvalue weighted by Crippen LogP contribution is 2.29. The van der Waals surface area contributed by atoms with Gasteiger partial charge < -0.3 is 23.7 Å². The minimum atomic E-state index is -1.18. The summed E-state index contributed by atoms with van der Waals surface area (Å²) in [5, 5.41) is 11.1. The van der Waals surface area contributed by atoms with Crippen LogP contribution in [0.2, 0.25) is 0 Å².